The molecule has 0 spiro atoms. The Balaban J connectivity index is 1.51. The highest BCUT2D eigenvalue weighted by molar-refractivity contribution is 14.1. The second-order valence-electron chi connectivity index (χ2n) is 7.50. The van der Waals surface area contributed by atoms with Crippen molar-refractivity contribution < 1.29 is 26.2 Å². The third-order valence-electron chi connectivity index (χ3n) is 4.77. The molecule has 2 amide bonds. The predicted octanol–water partition coefficient (Wildman–Crippen LogP) is 4.29. The van der Waals surface area contributed by atoms with E-state index in [-0.39, 0.29) is 30.2 Å². The van der Waals surface area contributed by atoms with E-state index in [0.29, 0.717) is 22.3 Å². The summed E-state index contributed by atoms with van der Waals surface area (Å²) in [5, 5.41) is 5.15. The number of ether oxygens (including phenoxy) is 1. The first-order valence-electron chi connectivity index (χ1n) is 10.2. The van der Waals surface area contributed by atoms with Crippen molar-refractivity contribution in [3.05, 3.63) is 90.0 Å². The fourth-order valence-electron chi connectivity index (χ4n) is 2.91. The first-order chi connectivity index (χ1) is 16.7. The van der Waals surface area contributed by atoms with Gasteiger partial charge in [-0.1, -0.05) is 19.2 Å². The minimum absolute atomic E-state index is 0.00860. The van der Waals surface area contributed by atoms with Gasteiger partial charge in [0.2, 0.25) is 0 Å². The summed E-state index contributed by atoms with van der Waals surface area (Å²) >= 11 is 1.65. The molecule has 0 aliphatic rings. The molecule has 0 radical (unpaired) electrons. The topological polar surface area (TPSA) is 102 Å². The molecular weight excluding hydrogens is 573 g/mol. The molecule has 1 atom stereocenters. The van der Waals surface area contributed by atoms with E-state index < -0.39 is 29.6 Å². The van der Waals surface area contributed by atoms with Crippen molar-refractivity contribution in [3.8, 4) is 5.75 Å². The van der Waals surface area contributed by atoms with Crippen molar-refractivity contribution >= 4 is 45.9 Å². The molecule has 1 aromatic heterocycles. The van der Waals surface area contributed by atoms with E-state index in [4.69, 9.17) is 7.80 Å². The predicted molar refractivity (Wildman–Crippen MR) is 134 cm³/mol. The van der Waals surface area contributed by atoms with Crippen molar-refractivity contribution in [2.45, 2.75) is 19.4 Å². The van der Waals surface area contributed by atoms with Crippen LogP contribution in [-0.2, 0) is 7.86 Å². The van der Waals surface area contributed by atoms with Gasteiger partial charge in [-0.05, 0) is 30.7 Å². The van der Waals surface area contributed by atoms with Crippen LogP contribution in [0.3, 0.4) is 0 Å². The number of carbonyl (C=O) groups excluding carboxylic acids is 2. The zero-order valence-corrected chi connectivity index (χ0v) is 20.8. The molecule has 0 bridgehead atoms. The Bertz CT molecular complexity index is 1300. The molecule has 3 rings (SSSR count). The van der Waals surface area contributed by atoms with Crippen LogP contribution >= 0.6 is 23.0 Å². The first-order valence-corrected chi connectivity index (χ1v) is 11.1. The van der Waals surface area contributed by atoms with Crippen LogP contribution in [0.15, 0.2) is 67.1 Å². The molecule has 0 saturated carbocycles. The van der Waals surface area contributed by atoms with E-state index in [2.05, 4.69) is 33.8 Å². The highest BCUT2D eigenvalue weighted by Gasteiger charge is 2.19. The molecule has 2 N–H and O–H groups in total. The molecule has 11 heteroatoms. The van der Waals surface area contributed by atoms with Gasteiger partial charge in [-0.25, -0.2) is 13.8 Å². The Hall–Kier alpha value is -3.45. The number of halogens is 3. The van der Waals surface area contributed by atoms with Gasteiger partial charge in [0, 0.05) is 29.9 Å². The number of amides is 2. The molecule has 35 heavy (non-hydrogen) atoms. The standard InChI is InChI=1S/C24H21F2IN4O4/c1-13-4-6-17(10-18(13)26)34-12-23(32)29-14(2)8-22(35-27)15(3)30-24(33)21-11-28-20-9-16(25)5-7-19(20)31-21/h4-7,9-11,22H,2-3,8,12H2,1H3,(H,29,32)(H,30,33). The Morgan fingerprint density at radius 3 is 2.60 bits per heavy atom. The third-order valence-corrected chi connectivity index (χ3v) is 5.38. The smallest absolute Gasteiger partial charge is 0.275 e. The van der Waals surface area contributed by atoms with Crippen LogP contribution in [0.2, 0.25) is 0 Å². The van der Waals surface area contributed by atoms with Crippen molar-refractivity contribution in [2.75, 3.05) is 6.61 Å². The summed E-state index contributed by atoms with van der Waals surface area (Å²) in [6.45, 7) is 8.87. The van der Waals surface area contributed by atoms with Crippen LogP contribution in [0, 0.1) is 18.6 Å². The quantitative estimate of drug-likeness (QED) is 0.340. The van der Waals surface area contributed by atoms with Crippen molar-refractivity contribution in [1.82, 2.24) is 20.6 Å². The lowest BCUT2D eigenvalue weighted by Gasteiger charge is -2.19. The summed E-state index contributed by atoms with van der Waals surface area (Å²) in [4.78, 5) is 32.9. The number of carbonyl (C=O) groups is 2. The first kappa shape index (κ1) is 26.2. The fraction of sp³-hybridized carbons (Fsp3) is 0.167. The van der Waals surface area contributed by atoms with Crippen molar-refractivity contribution in [2.24, 2.45) is 0 Å². The van der Waals surface area contributed by atoms with Gasteiger partial charge >= 0.3 is 0 Å². The zero-order valence-electron chi connectivity index (χ0n) is 18.6. The monoisotopic (exact) mass is 594 g/mol. The van der Waals surface area contributed by atoms with Gasteiger partial charge in [0.15, 0.2) is 6.61 Å². The molecule has 0 aliphatic carbocycles. The average molecular weight is 594 g/mol. The summed E-state index contributed by atoms with van der Waals surface area (Å²) < 4.78 is 37.5. The highest BCUT2D eigenvalue weighted by atomic mass is 127. The molecule has 0 fully saturated rings. The Kier molecular flexibility index (Phi) is 8.82. The summed E-state index contributed by atoms with van der Waals surface area (Å²) in [6.07, 6.45) is 0.612. The number of hydrogen-bond donors (Lipinski definition) is 2. The van der Waals surface area contributed by atoms with Crippen molar-refractivity contribution in [3.63, 3.8) is 0 Å². The van der Waals surface area contributed by atoms with Crippen LogP contribution in [0.1, 0.15) is 22.5 Å². The number of aromatic nitrogens is 2. The number of nitrogens with zero attached hydrogens (tertiary/aromatic N) is 2. The second kappa shape index (κ2) is 11.8. The molecule has 0 aliphatic heterocycles. The molecule has 2 aromatic carbocycles. The Morgan fingerprint density at radius 2 is 1.89 bits per heavy atom. The normalized spacial score (nSPS) is 11.5. The van der Waals surface area contributed by atoms with E-state index in [1.807, 2.05) is 0 Å². The van der Waals surface area contributed by atoms with Crippen molar-refractivity contribution in [1.29, 1.82) is 0 Å². The van der Waals surface area contributed by atoms with Crippen LogP contribution in [0.4, 0.5) is 8.78 Å². The highest BCUT2D eigenvalue weighted by Crippen LogP contribution is 2.17. The van der Waals surface area contributed by atoms with Crippen LogP contribution in [0.5, 0.6) is 5.75 Å². The van der Waals surface area contributed by atoms with E-state index in [9.17, 15) is 18.4 Å². The van der Waals surface area contributed by atoms with Crippen LogP contribution < -0.4 is 15.4 Å². The maximum Gasteiger partial charge on any atom is 0.275 e. The summed E-state index contributed by atoms with van der Waals surface area (Å²) in [5.74, 6) is -1.75. The van der Waals surface area contributed by atoms with Gasteiger partial charge in [0.1, 0.15) is 52.2 Å². The maximum atomic E-state index is 13.6. The van der Waals surface area contributed by atoms with Gasteiger partial charge in [-0.3, -0.25) is 14.6 Å². The molecule has 1 unspecified atom stereocenters. The third kappa shape index (κ3) is 7.26. The summed E-state index contributed by atoms with van der Waals surface area (Å²) in [7, 11) is 0. The van der Waals surface area contributed by atoms with Gasteiger partial charge in [-0.2, -0.15) is 0 Å². The minimum Gasteiger partial charge on any atom is -0.484 e. The van der Waals surface area contributed by atoms with E-state index >= 15 is 0 Å². The number of rotatable bonds is 10. The Labute approximate surface area is 214 Å². The largest absolute Gasteiger partial charge is 0.484 e. The van der Waals surface area contributed by atoms with E-state index in [0.717, 1.165) is 0 Å². The minimum atomic E-state index is -0.720. The Morgan fingerprint density at radius 1 is 1.11 bits per heavy atom. The number of hydrogen-bond acceptors (Lipinski definition) is 6. The second-order valence-corrected chi connectivity index (χ2v) is 8.01. The number of benzene rings is 2. The molecule has 1 heterocycles. The van der Waals surface area contributed by atoms with E-state index in [1.54, 1.807) is 42.1 Å². The lowest BCUT2D eigenvalue weighted by atomic mass is 10.1. The van der Waals surface area contributed by atoms with Gasteiger partial charge in [0.05, 0.1) is 17.2 Å². The molecular formula is C24H21F2IN4O4. The number of nitrogens with one attached hydrogen (secondary N) is 2. The van der Waals surface area contributed by atoms with Gasteiger partial charge in [0.25, 0.3) is 11.8 Å². The maximum absolute atomic E-state index is 13.6. The summed E-state index contributed by atoms with van der Waals surface area (Å²) in [5.41, 5.74) is 1.64. The molecule has 3 aromatic rings. The molecule has 182 valence electrons. The number of fused-ring (bicyclic) bond motifs is 1. The fourth-order valence-corrected chi connectivity index (χ4v) is 3.40. The van der Waals surface area contributed by atoms with Crippen LogP contribution in [0.25, 0.3) is 11.0 Å². The van der Waals surface area contributed by atoms with Gasteiger partial charge < -0.3 is 18.4 Å². The lowest BCUT2D eigenvalue weighted by Crippen LogP contribution is -2.33. The molecule has 8 nitrogen and oxygen atoms in total. The van der Waals surface area contributed by atoms with Crippen LogP contribution in [-0.4, -0.2) is 34.5 Å². The summed E-state index contributed by atoms with van der Waals surface area (Å²) in [6, 6.07) is 8.17. The SMILES string of the molecule is C=C(CC(OI)C(=C)NC(=O)c1cnc2cc(F)ccc2n1)NC(=O)COc1ccc(C)c(F)c1. The van der Waals surface area contributed by atoms with Gasteiger partial charge in [-0.15, -0.1) is 0 Å². The number of aryl methyl sites for hydroxylation is 1. The van der Waals surface area contributed by atoms with E-state index in [1.165, 1.54) is 30.5 Å². The average Bonchev–Trinajstić information content (AvgIpc) is 2.82. The molecule has 0 saturated heterocycles. The zero-order chi connectivity index (χ0) is 25.5. The lowest BCUT2D eigenvalue weighted by molar-refractivity contribution is -0.122.